The van der Waals surface area contributed by atoms with Crippen molar-refractivity contribution in [1.82, 2.24) is 9.71 Å². The van der Waals surface area contributed by atoms with Crippen LogP contribution >= 0.6 is 23.5 Å². The van der Waals surface area contributed by atoms with Gasteiger partial charge in [0, 0.05) is 12.7 Å². The number of aliphatic hydroxyl groups is 1. The highest BCUT2D eigenvalue weighted by Crippen LogP contribution is 2.21. The van der Waals surface area contributed by atoms with Crippen LogP contribution < -0.4 is 4.72 Å². The number of hydrogen-bond donors (Lipinski definition) is 2. The number of nitrogens with zero attached hydrogens (tertiary/aromatic N) is 1. The van der Waals surface area contributed by atoms with E-state index in [0.29, 0.717) is 11.7 Å². The molecule has 5 heteroatoms. The van der Waals surface area contributed by atoms with Crippen LogP contribution in [0.5, 0.6) is 0 Å². The first kappa shape index (κ1) is 10.8. The van der Waals surface area contributed by atoms with E-state index >= 15 is 0 Å². The number of aromatic nitrogens is 1. The lowest BCUT2D eigenvalue weighted by Crippen LogP contribution is -2.18. The average Bonchev–Trinajstić information content (AvgIpc) is 2.08. The first-order valence-corrected chi connectivity index (χ1v) is 5.08. The molecule has 0 aliphatic rings. The van der Waals surface area contributed by atoms with E-state index in [-0.39, 0.29) is 6.10 Å². The number of rotatable bonds is 4. The topological polar surface area (TPSA) is 45.1 Å². The Morgan fingerprint density at radius 2 is 2.54 bits per heavy atom. The molecular weight excluding hydrogens is 208 g/mol. The van der Waals surface area contributed by atoms with Gasteiger partial charge in [-0.25, -0.2) is 4.98 Å². The van der Waals surface area contributed by atoms with Crippen LogP contribution in [-0.2, 0) is 0 Å². The summed E-state index contributed by atoms with van der Waals surface area (Å²) in [7, 11) is 0. The Kier molecular flexibility index (Phi) is 4.52. The highest BCUT2D eigenvalue weighted by molar-refractivity contribution is 7.97. The fourth-order valence-electron chi connectivity index (χ4n) is 0.687. The zero-order valence-electron chi connectivity index (χ0n) is 7.20. The maximum atomic E-state index is 8.98. The normalized spacial score (nSPS) is 12.8. The van der Waals surface area contributed by atoms with E-state index in [1.165, 1.54) is 11.9 Å². The molecule has 1 atom stereocenters. The van der Waals surface area contributed by atoms with E-state index in [9.17, 15) is 0 Å². The first-order chi connectivity index (χ1) is 6.20. The van der Waals surface area contributed by atoms with Gasteiger partial charge in [0.15, 0.2) is 0 Å². The molecule has 1 rings (SSSR count). The Hall–Kier alpha value is -0.290. The molecule has 0 amide bonds. The number of halogens is 1. The highest BCUT2D eigenvalue weighted by atomic mass is 35.5. The van der Waals surface area contributed by atoms with Crippen LogP contribution in [0.15, 0.2) is 23.2 Å². The zero-order chi connectivity index (χ0) is 9.68. The van der Waals surface area contributed by atoms with E-state index in [2.05, 4.69) is 9.71 Å². The third-order valence-corrected chi connectivity index (χ3v) is 2.56. The molecule has 0 aliphatic carbocycles. The summed E-state index contributed by atoms with van der Waals surface area (Å²) in [6.45, 7) is 2.24. The number of pyridine rings is 1. The number of aliphatic hydroxyl groups excluding tert-OH is 1. The molecule has 13 heavy (non-hydrogen) atoms. The van der Waals surface area contributed by atoms with Gasteiger partial charge in [0.25, 0.3) is 0 Å². The van der Waals surface area contributed by atoms with E-state index < -0.39 is 0 Å². The molecule has 0 aliphatic heterocycles. The van der Waals surface area contributed by atoms with Crippen molar-refractivity contribution in [2.75, 3.05) is 6.54 Å². The Morgan fingerprint density at radius 3 is 3.15 bits per heavy atom. The van der Waals surface area contributed by atoms with Crippen molar-refractivity contribution in [3.8, 4) is 0 Å². The van der Waals surface area contributed by atoms with E-state index in [4.69, 9.17) is 16.7 Å². The molecule has 1 heterocycles. The van der Waals surface area contributed by atoms with Crippen molar-refractivity contribution in [3.63, 3.8) is 0 Å². The van der Waals surface area contributed by atoms with Gasteiger partial charge in [0.1, 0.15) is 5.15 Å². The van der Waals surface area contributed by atoms with Crippen molar-refractivity contribution in [1.29, 1.82) is 0 Å². The fourth-order valence-corrected chi connectivity index (χ4v) is 1.69. The van der Waals surface area contributed by atoms with Gasteiger partial charge in [-0.15, -0.1) is 0 Å². The number of hydrogen-bond acceptors (Lipinski definition) is 4. The second-order valence-corrected chi connectivity index (χ2v) is 3.88. The highest BCUT2D eigenvalue weighted by Gasteiger charge is 2.01. The summed E-state index contributed by atoms with van der Waals surface area (Å²) in [6, 6.07) is 3.69. The van der Waals surface area contributed by atoms with Gasteiger partial charge in [-0.2, -0.15) is 0 Å². The Morgan fingerprint density at radius 1 is 1.77 bits per heavy atom. The molecule has 0 spiro atoms. The van der Waals surface area contributed by atoms with Gasteiger partial charge in [0.05, 0.1) is 11.0 Å². The fraction of sp³-hybridized carbons (Fsp3) is 0.375. The minimum absolute atomic E-state index is 0.358. The molecule has 1 aromatic heterocycles. The lowest BCUT2D eigenvalue weighted by atomic mass is 10.4. The summed E-state index contributed by atoms with van der Waals surface area (Å²) in [5.74, 6) is 0. The quantitative estimate of drug-likeness (QED) is 0.597. The van der Waals surface area contributed by atoms with Gasteiger partial charge in [0.2, 0.25) is 0 Å². The molecule has 1 unspecified atom stereocenters. The molecule has 72 valence electrons. The van der Waals surface area contributed by atoms with Gasteiger partial charge < -0.3 is 5.11 Å². The van der Waals surface area contributed by atoms with Crippen LogP contribution in [0.3, 0.4) is 0 Å². The maximum absolute atomic E-state index is 8.98. The van der Waals surface area contributed by atoms with Gasteiger partial charge in [-0.3, -0.25) is 4.72 Å². The smallest absolute Gasteiger partial charge is 0.143 e. The summed E-state index contributed by atoms with van der Waals surface area (Å²) >= 11 is 7.18. The number of nitrogens with one attached hydrogen (secondary N) is 1. The van der Waals surface area contributed by atoms with Crippen molar-refractivity contribution in [2.45, 2.75) is 17.9 Å². The average molecular weight is 219 g/mol. The van der Waals surface area contributed by atoms with Crippen molar-refractivity contribution < 1.29 is 5.11 Å². The lowest BCUT2D eigenvalue weighted by Gasteiger charge is -2.06. The molecule has 1 aromatic rings. The predicted octanol–water partition coefficient (Wildman–Crippen LogP) is 1.71. The van der Waals surface area contributed by atoms with Crippen molar-refractivity contribution >= 4 is 23.5 Å². The van der Waals surface area contributed by atoms with Gasteiger partial charge >= 0.3 is 0 Å². The zero-order valence-corrected chi connectivity index (χ0v) is 8.77. The molecule has 0 bridgehead atoms. The van der Waals surface area contributed by atoms with E-state index in [0.717, 1.165) is 4.90 Å². The minimum Gasteiger partial charge on any atom is -0.392 e. The summed E-state index contributed by atoms with van der Waals surface area (Å²) < 4.78 is 2.98. The van der Waals surface area contributed by atoms with E-state index in [1.807, 2.05) is 12.1 Å². The Balaban J connectivity index is 2.41. The lowest BCUT2D eigenvalue weighted by molar-refractivity contribution is 0.200. The molecule has 2 N–H and O–H groups in total. The van der Waals surface area contributed by atoms with Crippen LogP contribution in [0, 0.1) is 0 Å². The van der Waals surface area contributed by atoms with Gasteiger partial charge in [-0.05, 0) is 31.0 Å². The van der Waals surface area contributed by atoms with Crippen molar-refractivity contribution in [3.05, 3.63) is 23.5 Å². The Bertz CT molecular complexity index is 270. The summed E-state index contributed by atoms with van der Waals surface area (Å²) in [5, 5.41) is 9.45. The second-order valence-electron chi connectivity index (χ2n) is 2.59. The van der Waals surface area contributed by atoms with Gasteiger partial charge in [-0.1, -0.05) is 11.6 Å². The van der Waals surface area contributed by atoms with E-state index in [1.54, 1.807) is 13.1 Å². The summed E-state index contributed by atoms with van der Waals surface area (Å²) in [5.41, 5.74) is 0. The SMILES string of the molecule is CC(O)CNSc1cccnc1Cl. The van der Waals surface area contributed by atoms with Crippen LogP contribution in [0.1, 0.15) is 6.92 Å². The van der Waals surface area contributed by atoms with Crippen LogP contribution in [0.4, 0.5) is 0 Å². The van der Waals surface area contributed by atoms with Crippen molar-refractivity contribution in [2.24, 2.45) is 0 Å². The Labute approximate surface area is 86.7 Å². The summed E-state index contributed by atoms with van der Waals surface area (Å²) in [6.07, 6.45) is 1.28. The molecule has 0 radical (unpaired) electrons. The second kappa shape index (κ2) is 5.44. The molecule has 0 saturated carbocycles. The molecule has 3 nitrogen and oxygen atoms in total. The first-order valence-electron chi connectivity index (χ1n) is 3.88. The van der Waals surface area contributed by atoms with Crippen LogP contribution in [-0.4, -0.2) is 22.7 Å². The molecule has 0 aromatic carbocycles. The standard InChI is InChI=1S/C8H11ClN2OS/c1-6(12)5-11-13-7-3-2-4-10-8(7)9/h2-4,6,11-12H,5H2,1H3. The summed E-state index contributed by atoms with van der Waals surface area (Å²) in [4.78, 5) is 4.78. The maximum Gasteiger partial charge on any atom is 0.143 e. The largest absolute Gasteiger partial charge is 0.392 e. The van der Waals surface area contributed by atoms with Crippen LogP contribution in [0.25, 0.3) is 0 Å². The minimum atomic E-state index is -0.358. The third-order valence-electron chi connectivity index (χ3n) is 1.29. The molecule has 0 saturated heterocycles. The third kappa shape index (κ3) is 3.95. The monoisotopic (exact) mass is 218 g/mol. The predicted molar refractivity (Wildman–Crippen MR) is 54.8 cm³/mol. The molecular formula is C8H11ClN2OS. The molecule has 0 fully saturated rings. The van der Waals surface area contributed by atoms with Crippen LogP contribution in [0.2, 0.25) is 5.15 Å².